The molecule has 2 aliphatic carbocycles. The number of hydrogen-bond acceptors (Lipinski definition) is 3. The zero-order chi connectivity index (χ0) is 24.6. The number of fused-ring (bicyclic) bond motifs is 8. The number of likely N-dealkylation sites (N-methyl/N-ethyl adjacent to an activating group) is 1. The monoisotopic (exact) mass is 485 g/mol. The first-order valence-electron chi connectivity index (χ1n) is 11.9. The van der Waals surface area contributed by atoms with Crippen LogP contribution in [0.15, 0.2) is 114 Å². The van der Waals surface area contributed by atoms with Crippen molar-refractivity contribution in [3.05, 3.63) is 147 Å². The topological polar surface area (TPSA) is 37.4 Å². The first kappa shape index (κ1) is 21.1. The molecule has 0 saturated heterocycles. The summed E-state index contributed by atoms with van der Waals surface area (Å²) in [5.74, 6) is -0.454. The van der Waals surface area contributed by atoms with E-state index in [0.29, 0.717) is 16.1 Å². The SMILES string of the molecule is CN1/C(=C/C=C2C(=O)c3ccccc3C2=O)C2(c3ccccc3-c3ccccc32)c2cc(Cl)ccc21. The quantitative estimate of drug-likeness (QED) is 0.215. The molecule has 0 amide bonds. The highest BCUT2D eigenvalue weighted by Crippen LogP contribution is 2.62. The molecule has 4 aromatic carbocycles. The summed E-state index contributed by atoms with van der Waals surface area (Å²) < 4.78 is 0. The van der Waals surface area contributed by atoms with Crippen molar-refractivity contribution in [3.63, 3.8) is 0 Å². The average molecular weight is 486 g/mol. The van der Waals surface area contributed by atoms with Gasteiger partial charge >= 0.3 is 0 Å². The van der Waals surface area contributed by atoms with Gasteiger partial charge in [-0.25, -0.2) is 0 Å². The number of anilines is 1. The van der Waals surface area contributed by atoms with E-state index in [0.717, 1.165) is 28.1 Å². The Bertz CT molecular complexity index is 1630. The van der Waals surface area contributed by atoms with E-state index >= 15 is 0 Å². The van der Waals surface area contributed by atoms with Crippen LogP contribution in [0.2, 0.25) is 5.02 Å². The molecule has 0 bridgehead atoms. The van der Waals surface area contributed by atoms with Crippen molar-refractivity contribution < 1.29 is 9.59 Å². The predicted molar refractivity (Wildman–Crippen MR) is 143 cm³/mol. The minimum Gasteiger partial charge on any atom is -0.346 e. The fraction of sp³-hybridized carbons (Fsp3) is 0.0625. The third-order valence-corrected chi connectivity index (χ3v) is 7.97. The van der Waals surface area contributed by atoms with Gasteiger partial charge in [-0.3, -0.25) is 9.59 Å². The van der Waals surface area contributed by atoms with Crippen LogP contribution in [0.5, 0.6) is 0 Å². The average Bonchev–Trinajstić information content (AvgIpc) is 3.44. The number of carbonyl (C=O) groups excluding carboxylic acids is 2. The molecule has 3 nitrogen and oxygen atoms in total. The number of rotatable bonds is 1. The first-order valence-corrected chi connectivity index (χ1v) is 12.3. The van der Waals surface area contributed by atoms with E-state index < -0.39 is 5.41 Å². The van der Waals surface area contributed by atoms with Crippen LogP contribution < -0.4 is 4.90 Å². The molecule has 4 heteroatoms. The van der Waals surface area contributed by atoms with E-state index in [4.69, 9.17) is 11.6 Å². The number of benzene rings is 4. The molecule has 172 valence electrons. The van der Waals surface area contributed by atoms with E-state index in [1.165, 1.54) is 11.1 Å². The maximum absolute atomic E-state index is 13.1. The van der Waals surface area contributed by atoms with Crippen molar-refractivity contribution in [2.45, 2.75) is 5.41 Å². The molecule has 3 aliphatic rings. The van der Waals surface area contributed by atoms with Gasteiger partial charge in [0.05, 0.1) is 11.0 Å². The second kappa shape index (κ2) is 7.39. The number of hydrogen-bond donors (Lipinski definition) is 0. The molecule has 4 aromatic rings. The lowest BCUT2D eigenvalue weighted by Gasteiger charge is -2.31. The maximum atomic E-state index is 13.1. The first-order chi connectivity index (χ1) is 17.5. The molecule has 0 fully saturated rings. The molecule has 1 heterocycles. The van der Waals surface area contributed by atoms with Gasteiger partial charge in [0.1, 0.15) is 0 Å². The summed E-state index contributed by atoms with van der Waals surface area (Å²) >= 11 is 6.57. The second-order valence-electron chi connectivity index (χ2n) is 9.40. The predicted octanol–water partition coefficient (Wildman–Crippen LogP) is 6.99. The summed E-state index contributed by atoms with van der Waals surface area (Å²) in [6.07, 6.45) is 3.65. The summed E-state index contributed by atoms with van der Waals surface area (Å²) in [5.41, 5.74) is 8.30. The summed E-state index contributed by atoms with van der Waals surface area (Å²) in [5, 5.41) is 0.666. The van der Waals surface area contributed by atoms with Gasteiger partial charge in [-0.1, -0.05) is 84.4 Å². The number of nitrogens with zero attached hydrogens (tertiary/aromatic N) is 1. The van der Waals surface area contributed by atoms with Crippen LogP contribution in [0, 0.1) is 0 Å². The van der Waals surface area contributed by atoms with Crippen molar-refractivity contribution in [3.8, 4) is 11.1 Å². The molecule has 36 heavy (non-hydrogen) atoms. The van der Waals surface area contributed by atoms with E-state index in [-0.39, 0.29) is 17.1 Å². The van der Waals surface area contributed by atoms with Gasteiger partial charge in [0.15, 0.2) is 11.6 Å². The summed E-state index contributed by atoms with van der Waals surface area (Å²) in [7, 11) is 2.03. The molecule has 0 N–H and O–H groups in total. The van der Waals surface area contributed by atoms with Crippen molar-refractivity contribution in [1.82, 2.24) is 0 Å². The molecule has 0 radical (unpaired) electrons. The molecule has 0 unspecified atom stereocenters. The Morgan fingerprint density at radius 1 is 0.667 bits per heavy atom. The molecular formula is C32H20ClNO2. The molecular weight excluding hydrogens is 466 g/mol. The van der Waals surface area contributed by atoms with Crippen molar-refractivity contribution in [2.24, 2.45) is 0 Å². The van der Waals surface area contributed by atoms with Crippen LogP contribution in [0.4, 0.5) is 5.69 Å². The Labute approximate surface area is 214 Å². The lowest BCUT2D eigenvalue weighted by Crippen LogP contribution is -2.30. The van der Waals surface area contributed by atoms with Gasteiger partial charge in [0.25, 0.3) is 0 Å². The Kier molecular flexibility index (Phi) is 4.33. The van der Waals surface area contributed by atoms with E-state index in [1.807, 2.05) is 31.3 Å². The van der Waals surface area contributed by atoms with Crippen LogP contribution in [-0.2, 0) is 5.41 Å². The van der Waals surface area contributed by atoms with Crippen molar-refractivity contribution in [2.75, 3.05) is 11.9 Å². The fourth-order valence-electron chi connectivity index (χ4n) is 6.24. The molecule has 0 saturated carbocycles. The molecule has 0 aromatic heterocycles. The summed E-state index contributed by atoms with van der Waals surface area (Å²) in [6.45, 7) is 0. The van der Waals surface area contributed by atoms with Gasteiger partial charge in [-0.05, 0) is 58.2 Å². The van der Waals surface area contributed by atoms with E-state index in [9.17, 15) is 9.59 Å². The second-order valence-corrected chi connectivity index (χ2v) is 9.83. The molecule has 7 rings (SSSR count). The maximum Gasteiger partial charge on any atom is 0.197 e. The largest absolute Gasteiger partial charge is 0.346 e. The van der Waals surface area contributed by atoms with Gasteiger partial charge in [-0.2, -0.15) is 0 Å². The van der Waals surface area contributed by atoms with Gasteiger partial charge < -0.3 is 4.90 Å². The molecule has 1 aliphatic heterocycles. The van der Waals surface area contributed by atoms with Crippen LogP contribution in [0.3, 0.4) is 0 Å². The normalized spacial score (nSPS) is 17.4. The van der Waals surface area contributed by atoms with Crippen LogP contribution in [0.1, 0.15) is 37.4 Å². The Hall–Kier alpha value is -4.21. The zero-order valence-electron chi connectivity index (χ0n) is 19.5. The van der Waals surface area contributed by atoms with Gasteiger partial charge in [0.2, 0.25) is 0 Å². The third-order valence-electron chi connectivity index (χ3n) is 7.74. The van der Waals surface area contributed by atoms with Gasteiger partial charge in [0, 0.05) is 34.6 Å². The van der Waals surface area contributed by atoms with Crippen LogP contribution in [0.25, 0.3) is 11.1 Å². The summed E-state index contributed by atoms with van der Waals surface area (Å²) in [6, 6.07) is 29.9. The summed E-state index contributed by atoms with van der Waals surface area (Å²) in [4.78, 5) is 28.4. The number of carbonyl (C=O) groups is 2. The Morgan fingerprint density at radius 2 is 1.19 bits per heavy atom. The number of allylic oxidation sites excluding steroid dienone is 4. The highest BCUT2D eigenvalue weighted by molar-refractivity contribution is 6.39. The zero-order valence-corrected chi connectivity index (χ0v) is 20.2. The Morgan fingerprint density at radius 3 is 1.78 bits per heavy atom. The fourth-order valence-corrected chi connectivity index (χ4v) is 6.42. The van der Waals surface area contributed by atoms with E-state index in [1.54, 1.807) is 30.3 Å². The van der Waals surface area contributed by atoms with Crippen LogP contribution in [-0.4, -0.2) is 18.6 Å². The standard InChI is InChI=1S/C32H20ClNO2/c1-34-28-16-14-19(33)18-27(28)32(25-12-6-4-8-20(25)21-9-5-7-13-26(21)32)29(34)17-15-24-30(35)22-10-2-3-11-23(22)31(24)36/h2-18H,1H3/b29-17+. The smallest absolute Gasteiger partial charge is 0.197 e. The van der Waals surface area contributed by atoms with Crippen molar-refractivity contribution >= 4 is 28.9 Å². The number of Topliss-reactive ketones (excluding diaryl/α,β-unsaturated/α-hetero) is 2. The van der Waals surface area contributed by atoms with E-state index in [2.05, 4.69) is 53.4 Å². The number of halogens is 1. The third kappa shape index (κ3) is 2.53. The minimum atomic E-state index is -0.614. The lowest BCUT2D eigenvalue weighted by molar-refractivity contribution is 0.0989. The molecule has 1 spiro atoms. The molecule has 0 atom stereocenters. The van der Waals surface area contributed by atoms with Crippen LogP contribution >= 0.6 is 11.6 Å². The van der Waals surface area contributed by atoms with Crippen molar-refractivity contribution in [1.29, 1.82) is 0 Å². The highest BCUT2D eigenvalue weighted by Gasteiger charge is 2.53. The lowest BCUT2D eigenvalue weighted by atomic mass is 9.71. The number of ketones is 2. The van der Waals surface area contributed by atoms with Gasteiger partial charge in [-0.15, -0.1) is 0 Å². The highest BCUT2D eigenvalue weighted by atomic mass is 35.5. The minimum absolute atomic E-state index is 0.195. The Balaban J connectivity index is 1.53.